The van der Waals surface area contributed by atoms with Gasteiger partial charge in [-0.15, -0.1) is 11.3 Å². The van der Waals surface area contributed by atoms with E-state index in [9.17, 15) is 8.42 Å². The van der Waals surface area contributed by atoms with Crippen molar-refractivity contribution >= 4 is 21.2 Å². The number of rotatable bonds is 3. The number of aryl methyl sites for hydroxylation is 2. The molecule has 1 aliphatic heterocycles. The third kappa shape index (κ3) is 2.72. The van der Waals surface area contributed by atoms with Crippen LogP contribution in [0.3, 0.4) is 0 Å². The van der Waals surface area contributed by atoms with Crippen LogP contribution in [0, 0.1) is 19.8 Å². The lowest BCUT2D eigenvalue weighted by Crippen LogP contribution is -2.25. The van der Waals surface area contributed by atoms with Gasteiger partial charge < -0.3 is 5.32 Å². The Kier molecular flexibility index (Phi) is 3.61. The number of nitrogens with one attached hydrogen (secondary N) is 1. The molecule has 1 aromatic heterocycles. The highest BCUT2D eigenvalue weighted by Gasteiger charge is 2.34. The molecule has 0 saturated carbocycles. The summed E-state index contributed by atoms with van der Waals surface area (Å²) in [6, 6.07) is 2.36. The molecule has 0 aliphatic carbocycles. The van der Waals surface area contributed by atoms with Crippen LogP contribution in [0.15, 0.2) is 6.07 Å². The number of thiophene rings is 1. The Morgan fingerprint density at radius 1 is 1.47 bits per heavy atom. The first-order chi connectivity index (χ1) is 7.93. The van der Waals surface area contributed by atoms with Gasteiger partial charge in [0.25, 0.3) is 0 Å². The quantitative estimate of drug-likeness (QED) is 0.917. The predicted octanol–water partition coefficient (Wildman–Crippen LogP) is 2.06. The van der Waals surface area contributed by atoms with E-state index in [2.05, 4.69) is 25.2 Å². The van der Waals surface area contributed by atoms with Crippen LogP contribution in [0.5, 0.6) is 0 Å². The van der Waals surface area contributed by atoms with Crippen LogP contribution in [0.4, 0.5) is 0 Å². The van der Waals surface area contributed by atoms with E-state index >= 15 is 0 Å². The topological polar surface area (TPSA) is 46.2 Å². The summed E-state index contributed by atoms with van der Waals surface area (Å²) in [5.41, 5.74) is 1.27. The highest BCUT2D eigenvalue weighted by Crippen LogP contribution is 2.36. The molecule has 2 unspecified atom stereocenters. The molecule has 0 bridgehead atoms. The van der Waals surface area contributed by atoms with Crippen molar-refractivity contribution < 1.29 is 8.42 Å². The Hall–Kier alpha value is -0.390. The summed E-state index contributed by atoms with van der Waals surface area (Å²) in [7, 11) is -0.879. The molecule has 2 atom stereocenters. The van der Waals surface area contributed by atoms with Crippen molar-refractivity contribution in [2.45, 2.75) is 26.3 Å². The zero-order chi connectivity index (χ0) is 12.6. The fourth-order valence-electron chi connectivity index (χ4n) is 2.64. The summed E-state index contributed by atoms with van der Waals surface area (Å²) in [5.74, 6) is 0.899. The minimum atomic E-state index is -2.80. The first-order valence-corrected chi connectivity index (χ1v) is 8.51. The maximum absolute atomic E-state index is 11.6. The van der Waals surface area contributed by atoms with Gasteiger partial charge in [-0.25, -0.2) is 8.42 Å². The van der Waals surface area contributed by atoms with Crippen molar-refractivity contribution in [3.63, 3.8) is 0 Å². The van der Waals surface area contributed by atoms with Crippen LogP contribution >= 0.6 is 11.3 Å². The number of hydrogen-bond donors (Lipinski definition) is 1. The molecule has 3 nitrogen and oxygen atoms in total. The van der Waals surface area contributed by atoms with Crippen LogP contribution in [-0.2, 0) is 9.84 Å². The molecule has 0 spiro atoms. The lowest BCUT2D eigenvalue weighted by Gasteiger charge is -2.21. The zero-order valence-corrected chi connectivity index (χ0v) is 12.1. The highest BCUT2D eigenvalue weighted by molar-refractivity contribution is 7.91. The van der Waals surface area contributed by atoms with Gasteiger partial charge in [-0.1, -0.05) is 0 Å². The van der Waals surface area contributed by atoms with Crippen molar-refractivity contribution in [3.8, 4) is 0 Å². The van der Waals surface area contributed by atoms with Crippen molar-refractivity contribution in [1.29, 1.82) is 0 Å². The third-order valence-electron chi connectivity index (χ3n) is 3.41. The first kappa shape index (κ1) is 13.1. The molecule has 1 N–H and O–H groups in total. The van der Waals surface area contributed by atoms with Crippen molar-refractivity contribution in [3.05, 3.63) is 21.4 Å². The van der Waals surface area contributed by atoms with Gasteiger partial charge >= 0.3 is 0 Å². The summed E-state index contributed by atoms with van der Waals surface area (Å²) in [6.07, 6.45) is 0.782. The van der Waals surface area contributed by atoms with E-state index in [1.165, 1.54) is 15.3 Å². The summed E-state index contributed by atoms with van der Waals surface area (Å²) >= 11 is 1.78. The van der Waals surface area contributed by atoms with Crippen LogP contribution in [0.25, 0.3) is 0 Å². The zero-order valence-electron chi connectivity index (χ0n) is 10.5. The van der Waals surface area contributed by atoms with Gasteiger partial charge in [-0.2, -0.15) is 0 Å². The Bertz CT molecular complexity index is 505. The van der Waals surface area contributed by atoms with E-state index in [-0.39, 0.29) is 12.0 Å². The van der Waals surface area contributed by atoms with Gasteiger partial charge in [-0.3, -0.25) is 0 Å². The fraction of sp³-hybridized carbons (Fsp3) is 0.667. The molecule has 1 aliphatic rings. The maximum Gasteiger partial charge on any atom is 0.150 e. The normalized spacial score (nSPS) is 25.0. The monoisotopic (exact) mass is 273 g/mol. The fourth-order valence-corrected chi connectivity index (χ4v) is 5.72. The second-order valence-corrected chi connectivity index (χ2v) is 8.35. The predicted molar refractivity (Wildman–Crippen MR) is 72.4 cm³/mol. The molecule has 17 heavy (non-hydrogen) atoms. The number of sulfone groups is 1. The Balaban J connectivity index is 2.26. The van der Waals surface area contributed by atoms with E-state index in [0.717, 1.165) is 6.42 Å². The van der Waals surface area contributed by atoms with Gasteiger partial charge in [0.2, 0.25) is 0 Å². The van der Waals surface area contributed by atoms with E-state index < -0.39 is 9.84 Å². The van der Waals surface area contributed by atoms with Gasteiger partial charge in [0.1, 0.15) is 0 Å². The van der Waals surface area contributed by atoms with E-state index in [1.807, 2.05) is 7.05 Å². The van der Waals surface area contributed by atoms with Crippen LogP contribution in [0.1, 0.15) is 27.8 Å². The Morgan fingerprint density at radius 3 is 2.59 bits per heavy atom. The van der Waals surface area contributed by atoms with Gasteiger partial charge in [0.15, 0.2) is 9.84 Å². The molecular weight excluding hydrogens is 254 g/mol. The SMILES string of the molecule is CNC(c1sc(C)cc1C)C1CCS(=O)(=O)C1. The average Bonchev–Trinajstić information content (AvgIpc) is 2.72. The Labute approximate surface area is 107 Å². The minimum Gasteiger partial charge on any atom is -0.312 e. The Morgan fingerprint density at radius 2 is 2.18 bits per heavy atom. The van der Waals surface area contributed by atoms with Crippen molar-refractivity contribution in [2.75, 3.05) is 18.6 Å². The third-order valence-corrected chi connectivity index (χ3v) is 6.44. The minimum absolute atomic E-state index is 0.186. The van der Waals surface area contributed by atoms with Gasteiger partial charge in [-0.05, 0) is 44.9 Å². The molecular formula is C12H19NO2S2. The summed E-state index contributed by atoms with van der Waals surface area (Å²) < 4.78 is 23.1. The molecule has 0 amide bonds. The van der Waals surface area contributed by atoms with Gasteiger partial charge in [0.05, 0.1) is 11.5 Å². The van der Waals surface area contributed by atoms with Crippen LogP contribution in [0.2, 0.25) is 0 Å². The number of hydrogen-bond acceptors (Lipinski definition) is 4. The molecule has 1 aromatic rings. The second kappa shape index (κ2) is 4.71. The lowest BCUT2D eigenvalue weighted by molar-refractivity contribution is 0.423. The van der Waals surface area contributed by atoms with E-state index in [0.29, 0.717) is 11.5 Å². The summed E-state index contributed by atoms with van der Waals surface area (Å²) in [4.78, 5) is 2.59. The lowest BCUT2D eigenvalue weighted by atomic mass is 9.96. The highest BCUT2D eigenvalue weighted by atomic mass is 32.2. The molecule has 1 saturated heterocycles. The van der Waals surface area contributed by atoms with Crippen LogP contribution in [-0.4, -0.2) is 27.0 Å². The van der Waals surface area contributed by atoms with E-state index in [1.54, 1.807) is 11.3 Å². The van der Waals surface area contributed by atoms with Gasteiger partial charge in [0, 0.05) is 15.8 Å². The van der Waals surface area contributed by atoms with Crippen LogP contribution < -0.4 is 5.32 Å². The van der Waals surface area contributed by atoms with Crippen molar-refractivity contribution in [2.24, 2.45) is 5.92 Å². The van der Waals surface area contributed by atoms with Crippen molar-refractivity contribution in [1.82, 2.24) is 5.32 Å². The smallest absolute Gasteiger partial charge is 0.150 e. The molecule has 2 rings (SSSR count). The summed E-state index contributed by atoms with van der Waals surface area (Å²) in [5, 5.41) is 3.30. The van der Waals surface area contributed by atoms with E-state index in [4.69, 9.17) is 0 Å². The summed E-state index contributed by atoms with van der Waals surface area (Å²) in [6.45, 7) is 4.20. The largest absolute Gasteiger partial charge is 0.312 e. The molecule has 0 radical (unpaired) electrons. The molecule has 0 aromatic carbocycles. The first-order valence-electron chi connectivity index (χ1n) is 5.87. The maximum atomic E-state index is 11.6. The molecule has 96 valence electrons. The molecule has 5 heteroatoms. The molecule has 2 heterocycles. The average molecular weight is 273 g/mol. The second-order valence-electron chi connectivity index (χ2n) is 4.83. The molecule has 1 fully saturated rings. The standard InChI is InChI=1S/C12H19NO2S2/c1-8-6-9(2)16-12(8)11(13-3)10-4-5-17(14,15)7-10/h6,10-11,13H,4-5,7H2,1-3H3.